The maximum atomic E-state index is 8.75. The second-order valence-electron chi connectivity index (χ2n) is 3.78. The highest BCUT2D eigenvalue weighted by molar-refractivity contribution is 5.35. The molecule has 2 heteroatoms. The molecule has 0 aliphatic rings. The first-order chi connectivity index (χ1) is 6.66. The van der Waals surface area contributed by atoms with Gasteiger partial charge in [-0.2, -0.15) is 0 Å². The van der Waals surface area contributed by atoms with Crippen LogP contribution in [0.5, 0.6) is 0 Å². The average molecular weight is 193 g/mol. The monoisotopic (exact) mass is 193 g/mol. The molecule has 1 atom stereocenters. The van der Waals surface area contributed by atoms with E-state index in [0.29, 0.717) is 0 Å². The minimum Gasteiger partial charge on any atom is -0.396 e. The fraction of sp³-hybridized carbons (Fsp3) is 0.500. The van der Waals surface area contributed by atoms with Crippen molar-refractivity contribution in [3.05, 3.63) is 34.9 Å². The van der Waals surface area contributed by atoms with Gasteiger partial charge < -0.3 is 10.8 Å². The molecule has 0 amide bonds. The maximum Gasteiger partial charge on any atom is 0.0431 e. The van der Waals surface area contributed by atoms with Crippen LogP contribution in [0.25, 0.3) is 0 Å². The first-order valence-electron chi connectivity index (χ1n) is 5.09. The SMILES string of the molecule is Cc1cccc(C)c1[C@H](N)CCCO. The van der Waals surface area contributed by atoms with Crippen molar-refractivity contribution >= 4 is 0 Å². The molecular weight excluding hydrogens is 174 g/mol. The molecule has 14 heavy (non-hydrogen) atoms. The van der Waals surface area contributed by atoms with Gasteiger partial charge in [-0.3, -0.25) is 0 Å². The van der Waals surface area contributed by atoms with Crippen LogP contribution in [-0.4, -0.2) is 11.7 Å². The van der Waals surface area contributed by atoms with Crippen LogP contribution in [-0.2, 0) is 0 Å². The molecule has 0 spiro atoms. The van der Waals surface area contributed by atoms with Crippen LogP contribution in [0, 0.1) is 13.8 Å². The third-order valence-electron chi connectivity index (χ3n) is 2.59. The number of hydrogen-bond donors (Lipinski definition) is 2. The average Bonchev–Trinajstić information content (AvgIpc) is 2.14. The zero-order valence-corrected chi connectivity index (χ0v) is 8.96. The Bertz CT molecular complexity index is 276. The van der Waals surface area contributed by atoms with Crippen LogP contribution >= 0.6 is 0 Å². The highest BCUT2D eigenvalue weighted by Gasteiger charge is 2.10. The largest absolute Gasteiger partial charge is 0.396 e. The molecule has 0 aliphatic heterocycles. The van der Waals surface area contributed by atoms with Gasteiger partial charge in [-0.25, -0.2) is 0 Å². The molecule has 0 unspecified atom stereocenters. The Kier molecular flexibility index (Phi) is 4.11. The van der Waals surface area contributed by atoms with Crippen molar-refractivity contribution in [1.29, 1.82) is 0 Å². The summed E-state index contributed by atoms with van der Waals surface area (Å²) in [6, 6.07) is 6.28. The molecule has 0 radical (unpaired) electrons. The Morgan fingerprint density at radius 3 is 2.36 bits per heavy atom. The van der Waals surface area contributed by atoms with Crippen molar-refractivity contribution in [3.63, 3.8) is 0 Å². The molecular formula is C12H19NO. The first-order valence-corrected chi connectivity index (χ1v) is 5.09. The van der Waals surface area contributed by atoms with Gasteiger partial charge in [0.2, 0.25) is 0 Å². The van der Waals surface area contributed by atoms with Gasteiger partial charge in [0.1, 0.15) is 0 Å². The van der Waals surface area contributed by atoms with E-state index in [1.807, 2.05) is 6.07 Å². The van der Waals surface area contributed by atoms with Crippen LogP contribution < -0.4 is 5.73 Å². The predicted octanol–water partition coefficient (Wildman–Crippen LogP) is 2.08. The van der Waals surface area contributed by atoms with Crippen molar-refractivity contribution in [2.24, 2.45) is 5.73 Å². The molecule has 0 aromatic heterocycles. The number of benzene rings is 1. The van der Waals surface area contributed by atoms with E-state index in [2.05, 4.69) is 26.0 Å². The van der Waals surface area contributed by atoms with E-state index in [4.69, 9.17) is 10.8 Å². The van der Waals surface area contributed by atoms with Crippen molar-refractivity contribution in [2.45, 2.75) is 32.7 Å². The Hall–Kier alpha value is -0.860. The minimum absolute atomic E-state index is 0.0587. The van der Waals surface area contributed by atoms with E-state index >= 15 is 0 Å². The van der Waals surface area contributed by atoms with Crippen molar-refractivity contribution < 1.29 is 5.11 Å². The number of aryl methyl sites for hydroxylation is 2. The summed E-state index contributed by atoms with van der Waals surface area (Å²) in [5, 5.41) is 8.75. The summed E-state index contributed by atoms with van der Waals surface area (Å²) < 4.78 is 0. The second kappa shape index (κ2) is 5.13. The quantitative estimate of drug-likeness (QED) is 0.769. The van der Waals surface area contributed by atoms with Crippen LogP contribution in [0.1, 0.15) is 35.6 Å². The minimum atomic E-state index is 0.0587. The third kappa shape index (κ3) is 2.56. The standard InChI is InChI=1S/C12H19NO/c1-9-5-3-6-10(2)12(9)11(13)7-4-8-14/h3,5-6,11,14H,4,7-8,13H2,1-2H3/t11-/m1/s1. The molecule has 78 valence electrons. The van der Waals surface area contributed by atoms with Gasteiger partial charge in [-0.1, -0.05) is 18.2 Å². The molecule has 0 fully saturated rings. The summed E-state index contributed by atoms with van der Waals surface area (Å²) in [4.78, 5) is 0. The zero-order chi connectivity index (χ0) is 10.6. The zero-order valence-electron chi connectivity index (χ0n) is 8.96. The fourth-order valence-electron chi connectivity index (χ4n) is 1.87. The Balaban J connectivity index is 2.82. The molecule has 0 saturated heterocycles. The van der Waals surface area contributed by atoms with Gasteiger partial charge in [0.05, 0.1) is 0 Å². The van der Waals surface area contributed by atoms with Gasteiger partial charge >= 0.3 is 0 Å². The maximum absolute atomic E-state index is 8.75. The van der Waals surface area contributed by atoms with E-state index in [1.54, 1.807) is 0 Å². The molecule has 0 heterocycles. The summed E-state index contributed by atoms with van der Waals surface area (Å²) in [6.45, 7) is 4.39. The van der Waals surface area contributed by atoms with Crippen LogP contribution in [0.4, 0.5) is 0 Å². The summed E-state index contributed by atoms with van der Waals surface area (Å²) in [7, 11) is 0. The van der Waals surface area contributed by atoms with E-state index in [-0.39, 0.29) is 12.6 Å². The smallest absolute Gasteiger partial charge is 0.0431 e. The highest BCUT2D eigenvalue weighted by atomic mass is 16.2. The predicted molar refractivity (Wildman–Crippen MR) is 59.2 cm³/mol. The molecule has 0 bridgehead atoms. The molecule has 0 saturated carbocycles. The Morgan fingerprint density at radius 2 is 1.86 bits per heavy atom. The lowest BCUT2D eigenvalue weighted by molar-refractivity contribution is 0.280. The van der Waals surface area contributed by atoms with Gasteiger partial charge in [0.25, 0.3) is 0 Å². The summed E-state index contributed by atoms with van der Waals surface area (Å²) in [6.07, 6.45) is 1.62. The molecule has 1 rings (SSSR count). The van der Waals surface area contributed by atoms with Crippen molar-refractivity contribution in [1.82, 2.24) is 0 Å². The second-order valence-corrected chi connectivity index (χ2v) is 3.78. The summed E-state index contributed by atoms with van der Waals surface area (Å²) >= 11 is 0. The lowest BCUT2D eigenvalue weighted by Gasteiger charge is -2.16. The number of aliphatic hydroxyl groups is 1. The number of hydrogen-bond acceptors (Lipinski definition) is 2. The number of rotatable bonds is 4. The first kappa shape index (κ1) is 11.2. The van der Waals surface area contributed by atoms with Crippen molar-refractivity contribution in [3.8, 4) is 0 Å². The number of nitrogens with two attached hydrogens (primary N) is 1. The molecule has 0 aliphatic carbocycles. The van der Waals surface area contributed by atoms with E-state index in [9.17, 15) is 0 Å². The van der Waals surface area contributed by atoms with Crippen LogP contribution in [0.3, 0.4) is 0 Å². The van der Waals surface area contributed by atoms with Gasteiger partial charge in [0.15, 0.2) is 0 Å². The summed E-state index contributed by atoms with van der Waals surface area (Å²) in [5.41, 5.74) is 9.80. The normalized spacial score (nSPS) is 12.9. The Labute approximate surface area is 85.8 Å². The highest BCUT2D eigenvalue weighted by Crippen LogP contribution is 2.23. The van der Waals surface area contributed by atoms with E-state index < -0.39 is 0 Å². The van der Waals surface area contributed by atoms with Crippen molar-refractivity contribution in [2.75, 3.05) is 6.61 Å². The molecule has 1 aromatic carbocycles. The molecule has 1 aromatic rings. The lowest BCUT2D eigenvalue weighted by atomic mass is 9.94. The molecule has 3 N–H and O–H groups in total. The molecule has 2 nitrogen and oxygen atoms in total. The summed E-state index contributed by atoms with van der Waals surface area (Å²) in [5.74, 6) is 0. The number of aliphatic hydroxyl groups excluding tert-OH is 1. The lowest BCUT2D eigenvalue weighted by Crippen LogP contribution is -2.13. The fourth-order valence-corrected chi connectivity index (χ4v) is 1.87. The van der Waals surface area contributed by atoms with Gasteiger partial charge in [-0.15, -0.1) is 0 Å². The topological polar surface area (TPSA) is 46.2 Å². The van der Waals surface area contributed by atoms with Gasteiger partial charge in [-0.05, 0) is 43.4 Å². The van der Waals surface area contributed by atoms with Crippen LogP contribution in [0.2, 0.25) is 0 Å². The third-order valence-corrected chi connectivity index (χ3v) is 2.59. The van der Waals surface area contributed by atoms with E-state index in [0.717, 1.165) is 12.8 Å². The Morgan fingerprint density at radius 1 is 1.29 bits per heavy atom. The van der Waals surface area contributed by atoms with Crippen LogP contribution in [0.15, 0.2) is 18.2 Å². The van der Waals surface area contributed by atoms with E-state index in [1.165, 1.54) is 16.7 Å². The van der Waals surface area contributed by atoms with Gasteiger partial charge in [0, 0.05) is 12.6 Å².